The highest BCUT2D eigenvalue weighted by molar-refractivity contribution is 14.0. The van der Waals surface area contributed by atoms with Gasteiger partial charge in [-0.2, -0.15) is 5.10 Å². The number of guanidine groups is 1. The monoisotopic (exact) mass is 540 g/mol. The quantitative estimate of drug-likeness (QED) is 0.357. The lowest BCUT2D eigenvalue weighted by molar-refractivity contribution is -0.00805. The average molecular weight is 540 g/mol. The number of rotatable bonds is 4. The molecule has 4 heterocycles. The van der Waals surface area contributed by atoms with E-state index in [0.717, 1.165) is 56.6 Å². The normalized spacial score (nSPS) is 20.5. The van der Waals surface area contributed by atoms with Crippen LogP contribution in [0.15, 0.2) is 35.7 Å². The van der Waals surface area contributed by atoms with Gasteiger partial charge in [-0.15, -0.1) is 24.0 Å². The number of nitrogens with one attached hydrogen (secondary N) is 1. The molecule has 2 aromatic heterocycles. The third-order valence-electron chi connectivity index (χ3n) is 5.76. The van der Waals surface area contributed by atoms with E-state index < -0.39 is 0 Å². The topological polar surface area (TPSA) is 74.1 Å². The Morgan fingerprint density at radius 1 is 1.23 bits per heavy atom. The maximum absolute atomic E-state index is 5.96. The van der Waals surface area contributed by atoms with Gasteiger partial charge < -0.3 is 24.8 Å². The summed E-state index contributed by atoms with van der Waals surface area (Å²) in [5.41, 5.74) is 2.31. The van der Waals surface area contributed by atoms with Crippen LogP contribution in [0, 0.1) is 0 Å². The van der Waals surface area contributed by atoms with Gasteiger partial charge in [-0.25, -0.2) is 4.98 Å². The van der Waals surface area contributed by atoms with Gasteiger partial charge >= 0.3 is 0 Å². The highest BCUT2D eigenvalue weighted by Gasteiger charge is 2.25. The van der Waals surface area contributed by atoms with E-state index in [0.29, 0.717) is 13.2 Å². The van der Waals surface area contributed by atoms with Gasteiger partial charge in [0.25, 0.3) is 0 Å². The molecule has 31 heavy (non-hydrogen) atoms. The van der Waals surface area contributed by atoms with Crippen LogP contribution < -0.4 is 10.2 Å². The van der Waals surface area contributed by atoms with Crippen molar-refractivity contribution in [3.8, 4) is 0 Å². The SMILES string of the molecule is CN=C(NCc1ccnc(N2CCN(C)CC2)c1)N1CCOC(c2cnn(C)c2)C1.I. The number of halogens is 1. The number of hydrogen-bond acceptors (Lipinski definition) is 6. The first-order valence-corrected chi connectivity index (χ1v) is 10.6. The highest BCUT2D eigenvalue weighted by atomic mass is 127. The smallest absolute Gasteiger partial charge is 0.194 e. The summed E-state index contributed by atoms with van der Waals surface area (Å²) >= 11 is 0. The van der Waals surface area contributed by atoms with E-state index >= 15 is 0 Å². The van der Waals surface area contributed by atoms with Crippen LogP contribution in [0.3, 0.4) is 0 Å². The lowest BCUT2D eigenvalue weighted by Gasteiger charge is -2.35. The van der Waals surface area contributed by atoms with Crippen molar-refractivity contribution in [3.63, 3.8) is 0 Å². The molecule has 0 amide bonds. The third-order valence-corrected chi connectivity index (χ3v) is 5.76. The Morgan fingerprint density at radius 2 is 2.03 bits per heavy atom. The van der Waals surface area contributed by atoms with Gasteiger partial charge in [-0.05, 0) is 24.7 Å². The number of nitrogens with zero attached hydrogens (tertiary/aromatic N) is 7. The summed E-state index contributed by atoms with van der Waals surface area (Å²) in [6, 6.07) is 4.25. The van der Waals surface area contributed by atoms with Crippen molar-refractivity contribution in [2.45, 2.75) is 12.6 Å². The Balaban J connectivity index is 0.00000272. The maximum Gasteiger partial charge on any atom is 0.194 e. The van der Waals surface area contributed by atoms with Crippen LogP contribution in [-0.4, -0.2) is 90.5 Å². The summed E-state index contributed by atoms with van der Waals surface area (Å²) in [4.78, 5) is 16.1. The number of anilines is 1. The molecular weight excluding hydrogens is 507 g/mol. The Labute approximate surface area is 201 Å². The van der Waals surface area contributed by atoms with Gasteiger partial charge in [-0.3, -0.25) is 9.67 Å². The second kappa shape index (κ2) is 11.1. The van der Waals surface area contributed by atoms with E-state index in [1.165, 1.54) is 5.56 Å². The molecule has 0 saturated carbocycles. The molecule has 0 aromatic carbocycles. The average Bonchev–Trinajstić information content (AvgIpc) is 3.21. The van der Waals surface area contributed by atoms with E-state index in [4.69, 9.17) is 4.74 Å². The van der Waals surface area contributed by atoms with Gasteiger partial charge in [-0.1, -0.05) is 0 Å². The number of hydrogen-bond donors (Lipinski definition) is 1. The Morgan fingerprint density at radius 3 is 2.74 bits per heavy atom. The number of pyridine rings is 1. The molecule has 170 valence electrons. The molecule has 2 saturated heterocycles. The first-order chi connectivity index (χ1) is 14.6. The largest absolute Gasteiger partial charge is 0.370 e. The lowest BCUT2D eigenvalue weighted by atomic mass is 10.1. The van der Waals surface area contributed by atoms with Gasteiger partial charge in [0.1, 0.15) is 11.9 Å². The summed E-state index contributed by atoms with van der Waals surface area (Å²) in [5.74, 6) is 1.95. The standard InChI is InChI=1S/C21H32N8O.HI/c1-22-21(29-10-11-30-19(16-29)18-14-25-27(3)15-18)24-13-17-4-5-23-20(12-17)28-8-6-26(2)7-9-28;/h4-5,12,14-15,19H,6-11,13,16H2,1-3H3,(H,22,24);1H. The molecule has 2 aliphatic heterocycles. The molecule has 0 aliphatic carbocycles. The number of aliphatic imine (C=N–C) groups is 1. The number of likely N-dealkylation sites (N-methyl/N-ethyl adjacent to an activating group) is 1. The Hall–Kier alpha value is -1.92. The summed E-state index contributed by atoms with van der Waals surface area (Å²) < 4.78 is 7.77. The fraction of sp³-hybridized carbons (Fsp3) is 0.571. The minimum atomic E-state index is 0. The van der Waals surface area contributed by atoms with Crippen molar-refractivity contribution in [2.24, 2.45) is 12.0 Å². The first-order valence-electron chi connectivity index (χ1n) is 10.6. The molecule has 1 N–H and O–H groups in total. The zero-order valence-electron chi connectivity index (χ0n) is 18.6. The summed E-state index contributed by atoms with van der Waals surface area (Å²) in [6.45, 7) is 7.15. The van der Waals surface area contributed by atoms with E-state index in [1.807, 2.05) is 37.4 Å². The predicted octanol–water partition coefficient (Wildman–Crippen LogP) is 1.33. The maximum atomic E-state index is 5.96. The molecule has 10 heteroatoms. The predicted molar refractivity (Wildman–Crippen MR) is 133 cm³/mol. The van der Waals surface area contributed by atoms with Crippen molar-refractivity contribution in [1.29, 1.82) is 0 Å². The molecule has 1 atom stereocenters. The fourth-order valence-electron chi connectivity index (χ4n) is 3.94. The Kier molecular flexibility index (Phi) is 8.50. The van der Waals surface area contributed by atoms with Crippen molar-refractivity contribution in [1.82, 2.24) is 29.9 Å². The number of aromatic nitrogens is 3. The molecule has 2 aliphatic rings. The van der Waals surface area contributed by atoms with Crippen LogP contribution in [0.5, 0.6) is 0 Å². The van der Waals surface area contributed by atoms with E-state index in [-0.39, 0.29) is 30.1 Å². The van der Waals surface area contributed by atoms with E-state index in [2.05, 4.69) is 54.3 Å². The van der Waals surface area contributed by atoms with Crippen molar-refractivity contribution in [2.75, 3.05) is 64.9 Å². The highest BCUT2D eigenvalue weighted by Crippen LogP contribution is 2.22. The molecule has 2 aromatic rings. The van der Waals surface area contributed by atoms with Gasteiger partial charge in [0.05, 0.1) is 19.3 Å². The zero-order chi connectivity index (χ0) is 20.9. The van der Waals surface area contributed by atoms with Gasteiger partial charge in [0.15, 0.2) is 5.96 Å². The molecule has 1 unspecified atom stereocenters. The molecule has 0 radical (unpaired) electrons. The van der Waals surface area contributed by atoms with Gasteiger partial charge in [0.2, 0.25) is 0 Å². The van der Waals surface area contributed by atoms with Crippen molar-refractivity contribution >= 4 is 35.8 Å². The lowest BCUT2D eigenvalue weighted by Crippen LogP contribution is -2.48. The number of morpholine rings is 1. The number of ether oxygens (including phenoxy) is 1. The minimum absolute atomic E-state index is 0. The summed E-state index contributed by atoms with van der Waals surface area (Å²) in [7, 11) is 5.93. The second-order valence-electron chi connectivity index (χ2n) is 7.97. The van der Waals surface area contributed by atoms with E-state index in [9.17, 15) is 0 Å². The number of aryl methyl sites for hydroxylation is 1. The van der Waals surface area contributed by atoms with Crippen LogP contribution in [-0.2, 0) is 18.3 Å². The Bertz CT molecular complexity index is 865. The third kappa shape index (κ3) is 6.07. The van der Waals surface area contributed by atoms with Crippen molar-refractivity contribution in [3.05, 3.63) is 41.9 Å². The van der Waals surface area contributed by atoms with E-state index in [1.54, 1.807) is 0 Å². The molecule has 9 nitrogen and oxygen atoms in total. The second-order valence-corrected chi connectivity index (χ2v) is 7.97. The first kappa shape index (κ1) is 23.7. The van der Waals surface area contributed by atoms with Crippen LogP contribution in [0.4, 0.5) is 5.82 Å². The van der Waals surface area contributed by atoms with Crippen LogP contribution in [0.2, 0.25) is 0 Å². The molecule has 4 rings (SSSR count). The fourth-order valence-corrected chi connectivity index (χ4v) is 3.94. The number of piperazine rings is 1. The van der Waals surface area contributed by atoms with Crippen LogP contribution in [0.25, 0.3) is 0 Å². The summed E-state index contributed by atoms with van der Waals surface area (Å²) in [6.07, 6.45) is 5.80. The van der Waals surface area contributed by atoms with Crippen LogP contribution >= 0.6 is 24.0 Å². The summed E-state index contributed by atoms with van der Waals surface area (Å²) in [5, 5.41) is 7.78. The van der Waals surface area contributed by atoms with Crippen molar-refractivity contribution < 1.29 is 4.74 Å². The molecular formula is C21H33IN8O. The zero-order valence-corrected chi connectivity index (χ0v) is 20.9. The minimum Gasteiger partial charge on any atom is -0.370 e. The molecule has 0 spiro atoms. The van der Waals surface area contributed by atoms with Crippen LogP contribution in [0.1, 0.15) is 17.2 Å². The molecule has 0 bridgehead atoms. The van der Waals surface area contributed by atoms with Gasteiger partial charge in [0, 0.05) is 71.3 Å². The molecule has 2 fully saturated rings.